The lowest BCUT2D eigenvalue weighted by molar-refractivity contribution is -0.116. The van der Waals surface area contributed by atoms with Crippen LogP contribution < -0.4 is 0 Å². The Balaban J connectivity index is 1.25. The van der Waals surface area contributed by atoms with E-state index in [9.17, 15) is 14.7 Å². The molecule has 2 aliphatic carbocycles. The van der Waals surface area contributed by atoms with E-state index < -0.39 is 0 Å². The monoisotopic (exact) mass is 544 g/mol. The van der Waals surface area contributed by atoms with E-state index in [1.165, 1.54) is 0 Å². The summed E-state index contributed by atoms with van der Waals surface area (Å²) in [5, 5.41) is 15.4. The maximum Gasteiger partial charge on any atom is 0.168 e. The number of ketones is 2. The Hall–Kier alpha value is -4.58. The van der Waals surface area contributed by atoms with Gasteiger partial charge in [-0.2, -0.15) is 0 Å². The van der Waals surface area contributed by atoms with E-state index in [1.807, 2.05) is 91.0 Å². The number of aromatic nitrogens is 1. The Bertz CT molecular complexity index is 1600. The zero-order chi connectivity index (χ0) is 28.2. The van der Waals surface area contributed by atoms with Gasteiger partial charge in [0.15, 0.2) is 11.6 Å². The van der Waals surface area contributed by atoms with Crippen LogP contribution in [0.15, 0.2) is 112 Å². The van der Waals surface area contributed by atoms with Crippen LogP contribution in [0.4, 0.5) is 0 Å². The normalized spacial score (nSPS) is 19.4. The minimum atomic E-state index is -0.113. The number of benzene rings is 3. The molecule has 41 heavy (non-hydrogen) atoms. The number of allylic oxidation sites excluding steroid dienone is 2. The van der Waals surface area contributed by atoms with Crippen molar-refractivity contribution in [1.29, 1.82) is 0 Å². The lowest BCUT2D eigenvalue weighted by Gasteiger charge is -2.25. The van der Waals surface area contributed by atoms with Gasteiger partial charge in [0.05, 0.1) is 23.4 Å². The van der Waals surface area contributed by atoms with Gasteiger partial charge in [0, 0.05) is 31.4 Å². The van der Waals surface area contributed by atoms with E-state index in [2.05, 4.69) is 5.16 Å². The smallest absolute Gasteiger partial charge is 0.168 e. The minimum absolute atomic E-state index is 0.0284. The predicted molar refractivity (Wildman–Crippen MR) is 157 cm³/mol. The predicted octanol–water partition coefficient (Wildman–Crippen LogP) is 7.12. The summed E-state index contributed by atoms with van der Waals surface area (Å²) in [6.07, 6.45) is 2.48. The van der Waals surface area contributed by atoms with Crippen LogP contribution in [0.5, 0.6) is 0 Å². The fourth-order valence-corrected chi connectivity index (χ4v) is 6.04. The Labute approximate surface area is 239 Å². The molecule has 1 aromatic heterocycles. The average molecular weight is 545 g/mol. The number of Topliss-reactive ketones (excluding diaryl/α,β-unsaturated/α-hetero) is 2. The van der Waals surface area contributed by atoms with Crippen LogP contribution in [-0.2, 0) is 24.2 Å². The fraction of sp³-hybridized carbons (Fsp3) is 0.257. The summed E-state index contributed by atoms with van der Waals surface area (Å²) >= 11 is 0. The van der Waals surface area contributed by atoms with Gasteiger partial charge in [-0.1, -0.05) is 96.2 Å². The molecule has 2 unspecified atom stereocenters. The second kappa shape index (κ2) is 11.9. The Morgan fingerprint density at radius 3 is 2.00 bits per heavy atom. The van der Waals surface area contributed by atoms with Crippen molar-refractivity contribution in [2.24, 2.45) is 4.99 Å². The first-order chi connectivity index (χ1) is 20.1. The highest BCUT2D eigenvalue weighted by atomic mass is 16.5. The lowest BCUT2D eigenvalue weighted by atomic mass is 9.80. The number of rotatable bonds is 8. The first-order valence-corrected chi connectivity index (χ1v) is 14.2. The SMILES string of the molecule is O=C1CC(c2ccccc2)CC(O)=C1C(CCc1noc2c1C(=O)CC(c1ccccc1)C2)=NCc1ccccc1. The highest BCUT2D eigenvalue weighted by Crippen LogP contribution is 2.36. The Kier molecular flexibility index (Phi) is 7.72. The summed E-state index contributed by atoms with van der Waals surface area (Å²) in [7, 11) is 0. The molecule has 2 atom stereocenters. The summed E-state index contributed by atoms with van der Waals surface area (Å²) in [4.78, 5) is 31.6. The molecule has 6 heteroatoms. The van der Waals surface area contributed by atoms with E-state index in [1.54, 1.807) is 0 Å². The van der Waals surface area contributed by atoms with Crippen molar-refractivity contribution >= 4 is 17.3 Å². The lowest BCUT2D eigenvalue weighted by Crippen LogP contribution is -2.24. The number of hydrogen-bond acceptors (Lipinski definition) is 6. The molecule has 3 aromatic carbocycles. The van der Waals surface area contributed by atoms with Crippen LogP contribution in [0.3, 0.4) is 0 Å². The molecule has 0 fully saturated rings. The maximum absolute atomic E-state index is 13.5. The number of carbonyl (C=O) groups excluding carboxylic acids is 2. The van der Waals surface area contributed by atoms with E-state index in [0.29, 0.717) is 73.4 Å². The van der Waals surface area contributed by atoms with E-state index >= 15 is 0 Å². The summed E-state index contributed by atoms with van der Waals surface area (Å²) in [6, 6.07) is 29.7. The van der Waals surface area contributed by atoms with Crippen molar-refractivity contribution in [2.45, 2.75) is 56.9 Å². The van der Waals surface area contributed by atoms with Gasteiger partial charge in [0.25, 0.3) is 0 Å². The second-order valence-electron chi connectivity index (χ2n) is 10.9. The third-order valence-electron chi connectivity index (χ3n) is 8.14. The van der Waals surface area contributed by atoms with Gasteiger partial charge in [-0.05, 0) is 41.4 Å². The topological polar surface area (TPSA) is 92.8 Å². The van der Waals surface area contributed by atoms with Crippen molar-refractivity contribution in [1.82, 2.24) is 5.16 Å². The highest BCUT2D eigenvalue weighted by Gasteiger charge is 2.34. The van der Waals surface area contributed by atoms with Crippen molar-refractivity contribution in [3.8, 4) is 0 Å². The Morgan fingerprint density at radius 2 is 1.37 bits per heavy atom. The van der Waals surface area contributed by atoms with Crippen LogP contribution in [0, 0.1) is 0 Å². The molecule has 6 nitrogen and oxygen atoms in total. The molecule has 206 valence electrons. The minimum Gasteiger partial charge on any atom is -0.511 e. The molecule has 0 saturated heterocycles. The van der Waals surface area contributed by atoms with Gasteiger partial charge in [0.2, 0.25) is 0 Å². The molecule has 0 aliphatic heterocycles. The van der Waals surface area contributed by atoms with Gasteiger partial charge in [-0.15, -0.1) is 0 Å². The van der Waals surface area contributed by atoms with Gasteiger partial charge >= 0.3 is 0 Å². The van der Waals surface area contributed by atoms with E-state index in [0.717, 1.165) is 16.7 Å². The summed E-state index contributed by atoms with van der Waals surface area (Å²) in [5.74, 6) is 0.611. The van der Waals surface area contributed by atoms with Crippen LogP contribution in [0.2, 0.25) is 0 Å². The third-order valence-corrected chi connectivity index (χ3v) is 8.14. The van der Waals surface area contributed by atoms with Crippen molar-refractivity contribution in [3.05, 3.63) is 136 Å². The van der Waals surface area contributed by atoms with Crippen molar-refractivity contribution < 1.29 is 19.2 Å². The number of aliphatic imine (C=N–C) groups is 1. The molecular formula is C35H32N2O4. The highest BCUT2D eigenvalue weighted by molar-refractivity contribution is 6.23. The van der Waals surface area contributed by atoms with Crippen LogP contribution >= 0.6 is 0 Å². The largest absolute Gasteiger partial charge is 0.511 e. The molecule has 0 radical (unpaired) electrons. The first kappa shape index (κ1) is 26.6. The second-order valence-corrected chi connectivity index (χ2v) is 10.9. The maximum atomic E-state index is 13.5. The summed E-state index contributed by atoms with van der Waals surface area (Å²) in [5.41, 5.74) is 5.18. The number of aliphatic hydroxyl groups excluding tert-OH is 1. The Morgan fingerprint density at radius 1 is 0.780 bits per heavy atom. The molecular weight excluding hydrogens is 512 g/mol. The van der Waals surface area contributed by atoms with Crippen LogP contribution in [0.25, 0.3) is 0 Å². The number of aliphatic hydroxyl groups is 1. The molecule has 0 bridgehead atoms. The molecule has 0 amide bonds. The molecule has 4 aromatic rings. The standard InChI is InChI=1S/C35H32N2O4/c38-30-18-26(24-12-6-2-7-13-24)19-31(39)34(30)28(36-22-23-10-4-1-5-11-23)16-17-29-35-32(40)20-27(21-33(35)41-37-29)25-14-8-3-9-15-25/h1-15,26-27,38H,16-22H2. The average Bonchev–Trinajstić information content (AvgIpc) is 3.42. The van der Waals surface area contributed by atoms with Gasteiger partial charge in [-0.3, -0.25) is 14.6 Å². The fourth-order valence-electron chi connectivity index (χ4n) is 6.04. The van der Waals surface area contributed by atoms with Gasteiger partial charge in [0.1, 0.15) is 11.5 Å². The molecule has 1 N–H and O–H groups in total. The van der Waals surface area contributed by atoms with Gasteiger partial charge < -0.3 is 9.63 Å². The zero-order valence-corrected chi connectivity index (χ0v) is 22.8. The number of aryl methyl sites for hydroxylation is 1. The first-order valence-electron chi connectivity index (χ1n) is 14.2. The molecule has 0 saturated carbocycles. The molecule has 2 aliphatic rings. The number of carbonyl (C=O) groups is 2. The summed E-state index contributed by atoms with van der Waals surface area (Å²) in [6.45, 7) is 0.386. The van der Waals surface area contributed by atoms with Crippen LogP contribution in [0.1, 0.15) is 76.0 Å². The number of hydrogen-bond donors (Lipinski definition) is 1. The quantitative estimate of drug-likeness (QED) is 0.238. The van der Waals surface area contributed by atoms with Crippen LogP contribution in [-0.4, -0.2) is 27.5 Å². The number of nitrogens with zero attached hydrogens (tertiary/aromatic N) is 2. The molecule has 0 spiro atoms. The molecule has 1 heterocycles. The van der Waals surface area contributed by atoms with Gasteiger partial charge in [-0.25, -0.2) is 0 Å². The third kappa shape index (κ3) is 5.82. The summed E-state index contributed by atoms with van der Waals surface area (Å²) < 4.78 is 5.68. The van der Waals surface area contributed by atoms with E-state index in [-0.39, 0.29) is 29.2 Å². The number of fused-ring (bicyclic) bond motifs is 1. The van der Waals surface area contributed by atoms with Crippen molar-refractivity contribution in [2.75, 3.05) is 0 Å². The van der Waals surface area contributed by atoms with E-state index in [4.69, 9.17) is 9.52 Å². The van der Waals surface area contributed by atoms with Crippen molar-refractivity contribution in [3.63, 3.8) is 0 Å². The zero-order valence-electron chi connectivity index (χ0n) is 22.8. The molecule has 6 rings (SSSR count).